The standard InChI is InChI=1S/C25H21ClN2O5/c1-13-9-15-11-17(13)22-21(15)23(30)28(24(22)31)16-6-4-5-14(10-16)25(32)33-12-20(29)27-19-8-3-2-7-18(19)26/h2-10,15,17,21-22H,11-12H2,1H3,(H,27,29)/t15-,17+,21+,22+/m0/s1. The van der Waals surface area contributed by atoms with Gasteiger partial charge in [0.05, 0.1) is 33.8 Å². The number of fused-ring (bicyclic) bond motifs is 5. The minimum atomic E-state index is -0.733. The van der Waals surface area contributed by atoms with Crippen molar-refractivity contribution in [3.8, 4) is 0 Å². The molecule has 4 atom stereocenters. The molecule has 2 aromatic rings. The van der Waals surface area contributed by atoms with Crippen molar-refractivity contribution >= 4 is 46.7 Å². The third kappa shape index (κ3) is 3.62. The Kier molecular flexibility index (Phi) is 5.29. The first-order valence-corrected chi connectivity index (χ1v) is 11.1. The lowest BCUT2D eigenvalue weighted by atomic mass is 9.82. The molecule has 1 N–H and O–H groups in total. The molecule has 5 rings (SSSR count). The SMILES string of the molecule is CC1=C[C@H]2C[C@H]1[C@H]1C(=O)N(c3cccc(C(=O)OCC(=O)Nc4ccccc4Cl)c3)C(=O)[C@@H]12. The average molecular weight is 465 g/mol. The molecule has 2 bridgehead atoms. The number of hydrogen-bond acceptors (Lipinski definition) is 5. The van der Waals surface area contributed by atoms with Crippen LogP contribution < -0.4 is 10.2 Å². The highest BCUT2D eigenvalue weighted by Crippen LogP contribution is 2.55. The Bertz CT molecular complexity index is 1220. The zero-order chi connectivity index (χ0) is 23.3. The summed E-state index contributed by atoms with van der Waals surface area (Å²) in [6, 6.07) is 12.9. The first-order valence-electron chi connectivity index (χ1n) is 10.7. The topological polar surface area (TPSA) is 92.8 Å². The monoisotopic (exact) mass is 464 g/mol. The third-order valence-electron chi connectivity index (χ3n) is 6.70. The summed E-state index contributed by atoms with van der Waals surface area (Å²) >= 11 is 6.01. The van der Waals surface area contributed by atoms with E-state index in [0.29, 0.717) is 16.4 Å². The number of rotatable bonds is 5. The number of nitrogens with one attached hydrogen (secondary N) is 1. The molecule has 33 heavy (non-hydrogen) atoms. The molecule has 1 saturated heterocycles. The fourth-order valence-corrected chi connectivity index (χ4v) is 5.45. The van der Waals surface area contributed by atoms with E-state index in [1.807, 2.05) is 6.92 Å². The summed E-state index contributed by atoms with van der Waals surface area (Å²) in [4.78, 5) is 52.1. The Balaban J connectivity index is 1.26. The highest BCUT2D eigenvalue weighted by Gasteiger charge is 2.60. The highest BCUT2D eigenvalue weighted by molar-refractivity contribution is 6.33. The highest BCUT2D eigenvalue weighted by atomic mass is 35.5. The first-order chi connectivity index (χ1) is 15.8. The summed E-state index contributed by atoms with van der Waals surface area (Å²) in [5, 5.41) is 2.94. The van der Waals surface area contributed by atoms with Crippen molar-refractivity contribution in [2.45, 2.75) is 13.3 Å². The van der Waals surface area contributed by atoms with Gasteiger partial charge in [0.25, 0.3) is 5.91 Å². The minimum Gasteiger partial charge on any atom is -0.452 e. The lowest BCUT2D eigenvalue weighted by Crippen LogP contribution is -2.33. The quantitative estimate of drug-likeness (QED) is 0.412. The summed E-state index contributed by atoms with van der Waals surface area (Å²) < 4.78 is 5.12. The fourth-order valence-electron chi connectivity index (χ4n) is 5.26. The van der Waals surface area contributed by atoms with Crippen LogP contribution >= 0.6 is 11.6 Å². The molecule has 3 amide bonds. The van der Waals surface area contributed by atoms with E-state index in [1.54, 1.807) is 36.4 Å². The smallest absolute Gasteiger partial charge is 0.338 e. The summed E-state index contributed by atoms with van der Waals surface area (Å²) in [7, 11) is 0. The number of ether oxygens (including phenoxy) is 1. The average Bonchev–Trinajstić information content (AvgIpc) is 3.44. The molecule has 0 unspecified atom stereocenters. The molecule has 0 radical (unpaired) electrons. The van der Waals surface area contributed by atoms with E-state index in [-0.39, 0.29) is 41.0 Å². The summed E-state index contributed by atoms with van der Waals surface area (Å²) in [6.07, 6.45) is 2.97. The molecule has 7 nitrogen and oxygen atoms in total. The Morgan fingerprint density at radius 3 is 2.64 bits per heavy atom. The molecule has 1 aliphatic heterocycles. The summed E-state index contributed by atoms with van der Waals surface area (Å²) in [5.74, 6) is -2.13. The van der Waals surface area contributed by atoms with Gasteiger partial charge in [-0.15, -0.1) is 0 Å². The van der Waals surface area contributed by atoms with Gasteiger partial charge in [-0.25, -0.2) is 9.69 Å². The Hall–Kier alpha value is -3.45. The van der Waals surface area contributed by atoms with Gasteiger partial charge in [-0.05, 0) is 55.5 Å². The number of allylic oxidation sites excluding steroid dienone is 2. The van der Waals surface area contributed by atoms with Crippen molar-refractivity contribution in [1.29, 1.82) is 0 Å². The van der Waals surface area contributed by atoms with Crippen LogP contribution in [0, 0.1) is 23.7 Å². The molecule has 2 fully saturated rings. The molecule has 8 heteroatoms. The van der Waals surface area contributed by atoms with Gasteiger partial charge in [-0.1, -0.05) is 41.4 Å². The lowest BCUT2D eigenvalue weighted by Gasteiger charge is -2.19. The number of anilines is 2. The van der Waals surface area contributed by atoms with Crippen LogP contribution in [0.4, 0.5) is 11.4 Å². The molecule has 168 valence electrons. The zero-order valence-electron chi connectivity index (χ0n) is 17.8. The van der Waals surface area contributed by atoms with Gasteiger partial charge in [0.15, 0.2) is 6.61 Å². The maximum Gasteiger partial charge on any atom is 0.338 e. The van der Waals surface area contributed by atoms with Crippen LogP contribution in [0.2, 0.25) is 5.02 Å². The molecular weight excluding hydrogens is 444 g/mol. The number of halogens is 1. The normalized spacial score (nSPS) is 25.2. The van der Waals surface area contributed by atoms with E-state index in [0.717, 1.165) is 6.42 Å². The number of amides is 3. The second-order valence-electron chi connectivity index (χ2n) is 8.63. The van der Waals surface area contributed by atoms with Crippen LogP contribution in [-0.4, -0.2) is 30.3 Å². The number of benzene rings is 2. The number of imide groups is 1. The van der Waals surface area contributed by atoms with Gasteiger partial charge in [-0.3, -0.25) is 14.4 Å². The predicted octanol–water partition coefficient (Wildman–Crippen LogP) is 3.84. The van der Waals surface area contributed by atoms with Crippen LogP contribution in [0.1, 0.15) is 23.7 Å². The first kappa shape index (κ1) is 21.4. The van der Waals surface area contributed by atoms with Gasteiger partial charge < -0.3 is 10.1 Å². The van der Waals surface area contributed by atoms with Crippen LogP contribution in [0.3, 0.4) is 0 Å². The van der Waals surface area contributed by atoms with Crippen molar-refractivity contribution in [3.63, 3.8) is 0 Å². The molecule has 3 aliphatic rings. The van der Waals surface area contributed by atoms with Crippen molar-refractivity contribution < 1.29 is 23.9 Å². The van der Waals surface area contributed by atoms with E-state index >= 15 is 0 Å². The summed E-state index contributed by atoms with van der Waals surface area (Å²) in [5.41, 5.74) is 2.08. The van der Waals surface area contributed by atoms with E-state index < -0.39 is 18.5 Å². The van der Waals surface area contributed by atoms with Gasteiger partial charge in [0.2, 0.25) is 11.8 Å². The van der Waals surface area contributed by atoms with E-state index in [4.69, 9.17) is 16.3 Å². The van der Waals surface area contributed by atoms with Gasteiger partial charge in [0, 0.05) is 0 Å². The molecule has 0 spiro atoms. The number of hydrogen-bond donors (Lipinski definition) is 1. The molecule has 2 aliphatic carbocycles. The molecular formula is C25H21ClN2O5. The minimum absolute atomic E-state index is 0.103. The van der Waals surface area contributed by atoms with Crippen molar-refractivity contribution in [2.75, 3.05) is 16.8 Å². The maximum atomic E-state index is 13.1. The van der Waals surface area contributed by atoms with E-state index in [2.05, 4.69) is 11.4 Å². The molecule has 1 heterocycles. The summed E-state index contributed by atoms with van der Waals surface area (Å²) in [6.45, 7) is 1.51. The van der Waals surface area contributed by atoms with Crippen LogP contribution in [0.15, 0.2) is 60.2 Å². The second-order valence-corrected chi connectivity index (χ2v) is 9.04. The van der Waals surface area contributed by atoms with Crippen LogP contribution in [0.5, 0.6) is 0 Å². The zero-order valence-corrected chi connectivity index (χ0v) is 18.5. The Morgan fingerprint density at radius 2 is 1.85 bits per heavy atom. The second kappa shape index (κ2) is 8.15. The number of para-hydroxylation sites is 1. The number of carbonyl (C=O) groups excluding carboxylic acids is 4. The van der Waals surface area contributed by atoms with Crippen LogP contribution in [0.25, 0.3) is 0 Å². The third-order valence-corrected chi connectivity index (χ3v) is 7.03. The van der Waals surface area contributed by atoms with E-state index in [9.17, 15) is 19.2 Å². The van der Waals surface area contributed by atoms with Crippen molar-refractivity contribution in [3.05, 3.63) is 70.8 Å². The van der Waals surface area contributed by atoms with Gasteiger partial charge in [-0.2, -0.15) is 0 Å². The van der Waals surface area contributed by atoms with E-state index in [1.165, 1.54) is 22.6 Å². The number of esters is 1. The largest absolute Gasteiger partial charge is 0.452 e. The van der Waals surface area contributed by atoms with Gasteiger partial charge >= 0.3 is 5.97 Å². The Morgan fingerprint density at radius 1 is 1.09 bits per heavy atom. The lowest BCUT2D eigenvalue weighted by molar-refractivity contribution is -0.123. The van der Waals surface area contributed by atoms with Gasteiger partial charge in [0.1, 0.15) is 0 Å². The molecule has 1 saturated carbocycles. The molecule has 0 aromatic heterocycles. The number of carbonyl (C=O) groups is 4. The van der Waals surface area contributed by atoms with Crippen molar-refractivity contribution in [2.24, 2.45) is 23.7 Å². The molecule has 2 aromatic carbocycles. The van der Waals surface area contributed by atoms with Crippen LogP contribution in [-0.2, 0) is 19.1 Å². The predicted molar refractivity (Wildman–Crippen MR) is 122 cm³/mol. The Labute approximate surface area is 195 Å². The fraction of sp³-hybridized carbons (Fsp3) is 0.280. The number of nitrogens with zero attached hydrogens (tertiary/aromatic N) is 1. The van der Waals surface area contributed by atoms with Crippen molar-refractivity contribution in [1.82, 2.24) is 0 Å². The maximum absolute atomic E-state index is 13.1.